The molecular formula is C19H17N3O2. The molecule has 0 radical (unpaired) electrons. The second kappa shape index (κ2) is 7.44. The molecule has 0 aliphatic heterocycles. The van der Waals surface area contributed by atoms with Gasteiger partial charge in [-0.15, -0.1) is 0 Å². The van der Waals surface area contributed by atoms with E-state index in [2.05, 4.69) is 10.3 Å². The summed E-state index contributed by atoms with van der Waals surface area (Å²) >= 11 is 0. The number of pyridine rings is 1. The fourth-order valence-corrected chi connectivity index (χ4v) is 2.35. The van der Waals surface area contributed by atoms with Crippen molar-refractivity contribution >= 4 is 16.6 Å². The molecule has 1 heterocycles. The number of ether oxygens (including phenoxy) is 1. The van der Waals surface area contributed by atoms with E-state index in [-0.39, 0.29) is 6.61 Å². The quantitative estimate of drug-likeness (QED) is 0.730. The Hall–Kier alpha value is -3.10. The monoisotopic (exact) mass is 319 g/mol. The molecule has 1 atom stereocenters. The lowest BCUT2D eigenvalue weighted by Gasteiger charge is -2.15. The van der Waals surface area contributed by atoms with Crippen molar-refractivity contribution in [2.24, 2.45) is 0 Å². The number of benzene rings is 2. The fraction of sp³-hybridized carbons (Fsp3) is 0.158. The number of rotatable bonds is 6. The molecule has 24 heavy (non-hydrogen) atoms. The van der Waals surface area contributed by atoms with E-state index in [1.54, 1.807) is 12.1 Å². The number of fused-ring (bicyclic) bond motifs is 1. The van der Waals surface area contributed by atoms with Crippen molar-refractivity contribution in [3.63, 3.8) is 0 Å². The second-order valence-electron chi connectivity index (χ2n) is 5.37. The second-order valence-corrected chi connectivity index (χ2v) is 5.37. The van der Waals surface area contributed by atoms with Crippen LogP contribution in [0.5, 0.6) is 5.75 Å². The van der Waals surface area contributed by atoms with Crippen LogP contribution in [0.4, 0.5) is 5.82 Å². The maximum absolute atomic E-state index is 10.1. The number of anilines is 1. The highest BCUT2D eigenvalue weighted by Gasteiger charge is 2.07. The number of aliphatic hydroxyl groups is 1. The standard InChI is InChI=1S/C19H17N3O2/c20-10-14-8-9-19(21-11-14)22-12-16(23)13-24-18-7-3-5-15-4-1-2-6-17(15)18/h1-9,11,16,23H,12-13H2,(H,21,22). The Kier molecular flexibility index (Phi) is 4.90. The molecular weight excluding hydrogens is 302 g/mol. The molecule has 0 aliphatic carbocycles. The predicted octanol–water partition coefficient (Wildman–Crippen LogP) is 2.96. The highest BCUT2D eigenvalue weighted by molar-refractivity contribution is 5.88. The Morgan fingerprint density at radius 3 is 2.75 bits per heavy atom. The molecule has 120 valence electrons. The molecule has 1 unspecified atom stereocenters. The minimum absolute atomic E-state index is 0.178. The van der Waals surface area contributed by atoms with Crippen molar-refractivity contribution in [1.82, 2.24) is 4.98 Å². The van der Waals surface area contributed by atoms with E-state index in [1.807, 2.05) is 48.5 Å². The van der Waals surface area contributed by atoms with Gasteiger partial charge in [-0.25, -0.2) is 4.98 Å². The topological polar surface area (TPSA) is 78.2 Å². The lowest BCUT2D eigenvalue weighted by atomic mass is 10.1. The highest BCUT2D eigenvalue weighted by Crippen LogP contribution is 2.25. The molecule has 0 saturated carbocycles. The van der Waals surface area contributed by atoms with Gasteiger partial charge in [-0.3, -0.25) is 0 Å². The molecule has 0 aliphatic rings. The summed E-state index contributed by atoms with van der Waals surface area (Å²) in [6, 6.07) is 19.2. The van der Waals surface area contributed by atoms with Gasteiger partial charge in [0.2, 0.25) is 0 Å². The van der Waals surface area contributed by atoms with Crippen LogP contribution in [-0.2, 0) is 0 Å². The Bertz CT molecular complexity index is 851. The van der Waals surface area contributed by atoms with Crippen LogP contribution in [0.1, 0.15) is 5.56 Å². The maximum atomic E-state index is 10.1. The minimum atomic E-state index is -0.679. The molecule has 5 heteroatoms. The van der Waals surface area contributed by atoms with Gasteiger partial charge in [0, 0.05) is 18.1 Å². The summed E-state index contributed by atoms with van der Waals surface area (Å²) in [5.41, 5.74) is 0.500. The van der Waals surface area contributed by atoms with Gasteiger partial charge in [-0.05, 0) is 23.6 Å². The first kappa shape index (κ1) is 15.8. The van der Waals surface area contributed by atoms with Gasteiger partial charge in [0.15, 0.2) is 0 Å². The van der Waals surface area contributed by atoms with E-state index < -0.39 is 6.10 Å². The van der Waals surface area contributed by atoms with Crippen LogP contribution in [0.25, 0.3) is 10.8 Å². The summed E-state index contributed by atoms with van der Waals surface area (Å²) in [5.74, 6) is 1.36. The fourth-order valence-electron chi connectivity index (χ4n) is 2.35. The van der Waals surface area contributed by atoms with Gasteiger partial charge in [0.1, 0.15) is 30.3 Å². The number of hydrogen-bond acceptors (Lipinski definition) is 5. The lowest BCUT2D eigenvalue weighted by molar-refractivity contribution is 0.118. The van der Waals surface area contributed by atoms with Gasteiger partial charge in [-0.1, -0.05) is 36.4 Å². The third kappa shape index (κ3) is 3.80. The average molecular weight is 319 g/mol. The van der Waals surface area contributed by atoms with E-state index in [1.165, 1.54) is 6.20 Å². The predicted molar refractivity (Wildman–Crippen MR) is 92.9 cm³/mol. The summed E-state index contributed by atoms with van der Waals surface area (Å²) in [6.07, 6.45) is 0.808. The van der Waals surface area contributed by atoms with E-state index >= 15 is 0 Å². The van der Waals surface area contributed by atoms with E-state index in [0.29, 0.717) is 17.9 Å². The zero-order chi connectivity index (χ0) is 16.8. The molecule has 0 amide bonds. The molecule has 0 spiro atoms. The molecule has 1 aromatic heterocycles. The van der Waals surface area contributed by atoms with Crippen molar-refractivity contribution in [3.8, 4) is 11.8 Å². The Morgan fingerprint density at radius 2 is 1.96 bits per heavy atom. The summed E-state index contributed by atoms with van der Waals surface area (Å²) in [4.78, 5) is 4.10. The van der Waals surface area contributed by atoms with Gasteiger partial charge in [0.05, 0.1) is 5.56 Å². The van der Waals surface area contributed by atoms with E-state index in [0.717, 1.165) is 16.5 Å². The number of nitriles is 1. The van der Waals surface area contributed by atoms with Crippen molar-refractivity contribution in [1.29, 1.82) is 5.26 Å². The van der Waals surface area contributed by atoms with E-state index in [4.69, 9.17) is 10.00 Å². The number of nitrogens with one attached hydrogen (secondary N) is 1. The molecule has 5 nitrogen and oxygen atoms in total. The largest absolute Gasteiger partial charge is 0.490 e. The normalized spacial score (nSPS) is 11.7. The van der Waals surface area contributed by atoms with Crippen molar-refractivity contribution in [3.05, 3.63) is 66.4 Å². The van der Waals surface area contributed by atoms with Gasteiger partial charge in [-0.2, -0.15) is 5.26 Å². The zero-order valence-corrected chi connectivity index (χ0v) is 13.0. The molecule has 3 aromatic rings. The van der Waals surface area contributed by atoms with Crippen LogP contribution in [0.2, 0.25) is 0 Å². The highest BCUT2D eigenvalue weighted by atomic mass is 16.5. The first-order valence-corrected chi connectivity index (χ1v) is 7.65. The SMILES string of the molecule is N#Cc1ccc(NCC(O)COc2cccc3ccccc23)nc1. The minimum Gasteiger partial charge on any atom is -0.490 e. The first-order valence-electron chi connectivity index (χ1n) is 7.65. The number of aromatic nitrogens is 1. The van der Waals surface area contributed by atoms with Crippen LogP contribution in [0.3, 0.4) is 0 Å². The van der Waals surface area contributed by atoms with Crippen LogP contribution in [-0.4, -0.2) is 29.3 Å². The van der Waals surface area contributed by atoms with Crippen LogP contribution >= 0.6 is 0 Å². The van der Waals surface area contributed by atoms with Crippen molar-refractivity contribution < 1.29 is 9.84 Å². The molecule has 0 fully saturated rings. The summed E-state index contributed by atoms with van der Waals surface area (Å²) in [7, 11) is 0. The summed E-state index contributed by atoms with van der Waals surface area (Å²) < 4.78 is 5.75. The summed E-state index contributed by atoms with van der Waals surface area (Å²) in [5, 5.41) is 24.0. The van der Waals surface area contributed by atoms with Crippen molar-refractivity contribution in [2.75, 3.05) is 18.5 Å². The van der Waals surface area contributed by atoms with Crippen LogP contribution in [0, 0.1) is 11.3 Å². The zero-order valence-electron chi connectivity index (χ0n) is 13.0. The first-order chi connectivity index (χ1) is 11.8. The van der Waals surface area contributed by atoms with Crippen LogP contribution in [0.15, 0.2) is 60.8 Å². The Morgan fingerprint density at radius 1 is 1.12 bits per heavy atom. The van der Waals surface area contributed by atoms with Gasteiger partial charge in [0.25, 0.3) is 0 Å². The molecule has 2 aromatic carbocycles. The molecule has 0 saturated heterocycles. The van der Waals surface area contributed by atoms with Crippen LogP contribution < -0.4 is 10.1 Å². The number of aliphatic hydroxyl groups excluding tert-OH is 1. The van der Waals surface area contributed by atoms with Crippen molar-refractivity contribution in [2.45, 2.75) is 6.10 Å². The Balaban J connectivity index is 1.55. The number of nitrogens with zero attached hydrogens (tertiary/aromatic N) is 2. The lowest BCUT2D eigenvalue weighted by Crippen LogP contribution is -2.26. The smallest absolute Gasteiger partial charge is 0.127 e. The molecule has 2 N–H and O–H groups in total. The third-order valence-corrected chi connectivity index (χ3v) is 3.59. The van der Waals surface area contributed by atoms with E-state index in [9.17, 15) is 5.11 Å². The Labute approximate surface area is 140 Å². The maximum Gasteiger partial charge on any atom is 0.127 e. The molecule has 3 rings (SSSR count). The third-order valence-electron chi connectivity index (χ3n) is 3.59. The summed E-state index contributed by atoms with van der Waals surface area (Å²) in [6.45, 7) is 0.487. The average Bonchev–Trinajstić information content (AvgIpc) is 2.65. The van der Waals surface area contributed by atoms with Gasteiger partial charge >= 0.3 is 0 Å². The van der Waals surface area contributed by atoms with Gasteiger partial charge < -0.3 is 15.2 Å². The molecule has 0 bridgehead atoms. The number of hydrogen-bond donors (Lipinski definition) is 2.